The van der Waals surface area contributed by atoms with Crippen LogP contribution >= 0.6 is 0 Å². The van der Waals surface area contributed by atoms with E-state index in [1.165, 1.54) is 6.07 Å². The highest BCUT2D eigenvalue weighted by Crippen LogP contribution is 2.49. The second-order valence-electron chi connectivity index (χ2n) is 5.89. The number of ketones is 2. The van der Waals surface area contributed by atoms with E-state index >= 15 is 0 Å². The molecule has 0 aromatic heterocycles. The van der Waals surface area contributed by atoms with Crippen LogP contribution in [0.1, 0.15) is 43.2 Å². The van der Waals surface area contributed by atoms with Crippen molar-refractivity contribution in [3.8, 4) is 11.5 Å². The molecule has 0 bridgehead atoms. The molecule has 0 aliphatic heterocycles. The maximum atomic E-state index is 12.5. The van der Waals surface area contributed by atoms with Crippen molar-refractivity contribution in [3.63, 3.8) is 0 Å². The molecule has 6 nitrogen and oxygen atoms in total. The topological polar surface area (TPSA) is 104 Å². The quantitative estimate of drug-likeness (QED) is 0.639. The van der Waals surface area contributed by atoms with Gasteiger partial charge in [0.1, 0.15) is 11.5 Å². The summed E-state index contributed by atoms with van der Waals surface area (Å²) in [5, 5.41) is 22.6. The Bertz CT molecular complexity index is 707. The molecule has 122 valence electrons. The van der Waals surface area contributed by atoms with E-state index in [4.69, 9.17) is 0 Å². The highest BCUT2D eigenvalue weighted by atomic mass is 16.3. The standard InChI is InChI=1S/C17H19NO5/c1-4-5-11(19)10-6-9(3)16(21)14(10)13-8(2)7-12(20)15(18-23)17(13)22/h7,10,14,20,22H,3-6H2,1-2H3. The Morgan fingerprint density at radius 3 is 2.65 bits per heavy atom. The van der Waals surface area contributed by atoms with E-state index in [0.717, 1.165) is 0 Å². The molecule has 6 heteroatoms. The molecule has 2 unspecified atom stereocenters. The molecule has 1 fully saturated rings. The summed E-state index contributed by atoms with van der Waals surface area (Å²) in [6.07, 6.45) is 1.23. The van der Waals surface area contributed by atoms with Gasteiger partial charge in [0.05, 0.1) is 5.92 Å². The third-order valence-electron chi connectivity index (χ3n) is 4.31. The Morgan fingerprint density at radius 2 is 2.09 bits per heavy atom. The van der Waals surface area contributed by atoms with Gasteiger partial charge in [0.15, 0.2) is 17.2 Å². The van der Waals surface area contributed by atoms with Crippen LogP contribution in [-0.2, 0) is 9.59 Å². The van der Waals surface area contributed by atoms with E-state index in [0.29, 0.717) is 24.0 Å². The minimum atomic E-state index is -0.886. The number of aromatic hydroxyl groups is 2. The van der Waals surface area contributed by atoms with E-state index in [1.54, 1.807) is 6.92 Å². The van der Waals surface area contributed by atoms with Crippen molar-refractivity contribution in [1.82, 2.24) is 0 Å². The number of hydrogen-bond acceptors (Lipinski definition) is 6. The average molecular weight is 317 g/mol. The molecule has 1 aromatic rings. The van der Waals surface area contributed by atoms with Crippen molar-refractivity contribution in [1.29, 1.82) is 0 Å². The predicted octanol–water partition coefficient (Wildman–Crippen LogP) is 3.40. The number of nitrogens with zero attached hydrogens (tertiary/aromatic N) is 1. The Balaban J connectivity index is 2.62. The average Bonchev–Trinajstić information content (AvgIpc) is 2.76. The van der Waals surface area contributed by atoms with Crippen LogP contribution in [0, 0.1) is 17.7 Å². The highest BCUT2D eigenvalue weighted by molar-refractivity contribution is 6.07. The number of benzene rings is 1. The van der Waals surface area contributed by atoms with Crippen LogP contribution in [0.5, 0.6) is 11.5 Å². The van der Waals surface area contributed by atoms with Gasteiger partial charge in [-0.05, 0) is 42.1 Å². The molecule has 2 rings (SSSR count). The summed E-state index contributed by atoms with van der Waals surface area (Å²) < 4.78 is 0. The van der Waals surface area contributed by atoms with Gasteiger partial charge < -0.3 is 10.2 Å². The van der Waals surface area contributed by atoms with E-state index < -0.39 is 29.0 Å². The number of phenolic OH excluding ortho intramolecular Hbond substituents is 2. The van der Waals surface area contributed by atoms with E-state index in [-0.39, 0.29) is 23.6 Å². The number of allylic oxidation sites excluding steroid dienone is 1. The number of Topliss-reactive ketones (excluding diaryl/α,β-unsaturated/α-hetero) is 2. The van der Waals surface area contributed by atoms with Crippen molar-refractivity contribution >= 4 is 17.3 Å². The van der Waals surface area contributed by atoms with Crippen molar-refractivity contribution < 1.29 is 19.8 Å². The first-order valence-corrected chi connectivity index (χ1v) is 7.46. The van der Waals surface area contributed by atoms with Crippen LogP contribution in [0.4, 0.5) is 5.69 Å². The number of carbonyl (C=O) groups excluding carboxylic acids is 2. The highest BCUT2D eigenvalue weighted by Gasteiger charge is 2.44. The Hall–Kier alpha value is -2.50. The monoisotopic (exact) mass is 317 g/mol. The zero-order valence-corrected chi connectivity index (χ0v) is 13.1. The minimum Gasteiger partial charge on any atom is -0.505 e. The fraction of sp³-hybridized carbons (Fsp3) is 0.412. The van der Waals surface area contributed by atoms with Crippen molar-refractivity contribution in [2.24, 2.45) is 11.1 Å². The summed E-state index contributed by atoms with van der Waals surface area (Å²) in [6.45, 7) is 7.17. The normalized spacial score (nSPS) is 20.8. The van der Waals surface area contributed by atoms with E-state index in [2.05, 4.69) is 11.8 Å². The van der Waals surface area contributed by atoms with Crippen LogP contribution in [0.25, 0.3) is 0 Å². The maximum absolute atomic E-state index is 12.5. The Kier molecular flexibility index (Phi) is 4.63. The molecule has 0 spiro atoms. The molecule has 2 atom stereocenters. The van der Waals surface area contributed by atoms with Gasteiger partial charge in [0, 0.05) is 17.9 Å². The Labute approximate surface area is 133 Å². The zero-order chi connectivity index (χ0) is 17.3. The van der Waals surface area contributed by atoms with Crippen LogP contribution in [0.2, 0.25) is 0 Å². The first kappa shape index (κ1) is 16.9. The molecule has 1 aliphatic carbocycles. The van der Waals surface area contributed by atoms with Crippen LogP contribution in [0.15, 0.2) is 23.4 Å². The molecule has 1 aliphatic rings. The number of rotatable bonds is 5. The van der Waals surface area contributed by atoms with Gasteiger partial charge in [0.2, 0.25) is 0 Å². The lowest BCUT2D eigenvalue weighted by molar-refractivity contribution is -0.125. The molecule has 0 amide bonds. The van der Waals surface area contributed by atoms with Gasteiger partial charge in [-0.1, -0.05) is 13.5 Å². The third-order valence-corrected chi connectivity index (χ3v) is 4.31. The van der Waals surface area contributed by atoms with Gasteiger partial charge in [-0.2, -0.15) is 0 Å². The molecule has 23 heavy (non-hydrogen) atoms. The van der Waals surface area contributed by atoms with Crippen molar-refractivity contribution in [3.05, 3.63) is 34.3 Å². The fourth-order valence-electron chi connectivity index (χ4n) is 3.22. The van der Waals surface area contributed by atoms with E-state index in [9.17, 15) is 24.7 Å². The van der Waals surface area contributed by atoms with Gasteiger partial charge in [-0.15, -0.1) is 4.91 Å². The number of nitroso groups, excluding NO2 is 1. The molecule has 2 N–H and O–H groups in total. The lowest BCUT2D eigenvalue weighted by Gasteiger charge is -2.21. The van der Waals surface area contributed by atoms with Crippen LogP contribution in [-0.4, -0.2) is 21.8 Å². The lowest BCUT2D eigenvalue weighted by Crippen LogP contribution is -2.21. The fourth-order valence-corrected chi connectivity index (χ4v) is 3.22. The number of aryl methyl sites for hydroxylation is 1. The van der Waals surface area contributed by atoms with Crippen molar-refractivity contribution in [2.75, 3.05) is 0 Å². The third kappa shape index (κ3) is 2.76. The summed E-state index contributed by atoms with van der Waals surface area (Å²) in [4.78, 5) is 35.7. The molecular formula is C17H19NO5. The second-order valence-corrected chi connectivity index (χ2v) is 5.89. The molecule has 0 heterocycles. The van der Waals surface area contributed by atoms with Crippen LogP contribution < -0.4 is 0 Å². The summed E-state index contributed by atoms with van der Waals surface area (Å²) in [6, 6.07) is 1.27. The van der Waals surface area contributed by atoms with Gasteiger partial charge >= 0.3 is 0 Å². The number of phenols is 2. The summed E-state index contributed by atoms with van der Waals surface area (Å²) in [7, 11) is 0. The molecular weight excluding hydrogens is 298 g/mol. The number of carbonyl (C=O) groups is 2. The maximum Gasteiger partial charge on any atom is 0.191 e. The lowest BCUT2D eigenvalue weighted by atomic mass is 9.81. The molecule has 0 radical (unpaired) electrons. The smallest absolute Gasteiger partial charge is 0.191 e. The second kappa shape index (κ2) is 6.32. The molecule has 1 saturated carbocycles. The predicted molar refractivity (Wildman–Crippen MR) is 84.9 cm³/mol. The first-order chi connectivity index (χ1) is 10.8. The first-order valence-electron chi connectivity index (χ1n) is 7.46. The zero-order valence-electron chi connectivity index (χ0n) is 13.1. The van der Waals surface area contributed by atoms with Crippen molar-refractivity contribution in [2.45, 2.75) is 39.0 Å². The SMILES string of the molecule is C=C1CC(C(=O)CCC)C(c2c(C)cc(O)c(N=O)c2O)C1=O. The van der Waals surface area contributed by atoms with Crippen LogP contribution in [0.3, 0.4) is 0 Å². The molecule has 1 aromatic carbocycles. The Morgan fingerprint density at radius 1 is 1.43 bits per heavy atom. The summed E-state index contributed by atoms with van der Waals surface area (Å²) in [5.41, 5.74) is 0.416. The number of hydrogen-bond donors (Lipinski definition) is 2. The van der Waals surface area contributed by atoms with Gasteiger partial charge in [0.25, 0.3) is 0 Å². The van der Waals surface area contributed by atoms with Gasteiger partial charge in [-0.3, -0.25) is 9.59 Å². The van der Waals surface area contributed by atoms with Gasteiger partial charge in [-0.25, -0.2) is 0 Å². The molecule has 0 saturated heterocycles. The largest absolute Gasteiger partial charge is 0.505 e. The summed E-state index contributed by atoms with van der Waals surface area (Å²) in [5.74, 6) is -2.89. The van der Waals surface area contributed by atoms with E-state index in [1.807, 2.05) is 6.92 Å². The minimum absolute atomic E-state index is 0.0722. The summed E-state index contributed by atoms with van der Waals surface area (Å²) >= 11 is 0.